The van der Waals surface area contributed by atoms with Gasteiger partial charge in [0.2, 0.25) is 11.8 Å². The van der Waals surface area contributed by atoms with Crippen LogP contribution in [-0.2, 0) is 9.59 Å². The molecular weight excluding hydrogens is 378 g/mol. The summed E-state index contributed by atoms with van der Waals surface area (Å²) in [5, 5.41) is 2.75. The van der Waals surface area contributed by atoms with Crippen LogP contribution in [0.1, 0.15) is 44.1 Å². The summed E-state index contributed by atoms with van der Waals surface area (Å²) >= 11 is 0. The molecule has 2 aromatic heterocycles. The van der Waals surface area contributed by atoms with Crippen molar-refractivity contribution in [2.24, 2.45) is 11.3 Å². The fourth-order valence-corrected chi connectivity index (χ4v) is 4.04. The Hall–Kier alpha value is -3.35. The lowest BCUT2D eigenvalue weighted by atomic mass is 9.75. The number of carbonyl (C=O) groups excluding carboxylic acids is 2. The Morgan fingerprint density at radius 2 is 1.90 bits per heavy atom. The van der Waals surface area contributed by atoms with Crippen LogP contribution in [0.15, 0.2) is 42.4 Å². The number of nitrogens with one attached hydrogen (secondary N) is 1. The molecule has 0 radical (unpaired) electrons. The smallest absolute Gasteiger partial charge is 0.238 e. The minimum Gasteiger partial charge on any atom is -0.311 e. The Morgan fingerprint density at radius 3 is 2.57 bits per heavy atom. The lowest BCUT2D eigenvalue weighted by Crippen LogP contribution is -2.32. The molecule has 30 heavy (non-hydrogen) atoms. The Labute approximate surface area is 175 Å². The van der Waals surface area contributed by atoms with E-state index in [1.807, 2.05) is 45.9 Å². The molecule has 3 heterocycles. The summed E-state index contributed by atoms with van der Waals surface area (Å²) in [7, 11) is 0. The molecule has 4 rings (SSSR count). The first kappa shape index (κ1) is 19.9. The number of aromatic nitrogens is 3. The van der Waals surface area contributed by atoms with Gasteiger partial charge in [-0.2, -0.15) is 0 Å². The summed E-state index contributed by atoms with van der Waals surface area (Å²) in [6, 6.07) is 3.69. The number of hydrogen-bond donors (Lipinski definition) is 1. The zero-order valence-electron chi connectivity index (χ0n) is 17.9. The van der Waals surface area contributed by atoms with Crippen LogP contribution in [-0.4, -0.2) is 26.8 Å². The summed E-state index contributed by atoms with van der Waals surface area (Å²) in [5.74, 6) is 1.54. The van der Waals surface area contributed by atoms with Crippen molar-refractivity contribution in [2.45, 2.75) is 41.0 Å². The van der Waals surface area contributed by atoms with Crippen molar-refractivity contribution >= 4 is 29.0 Å². The van der Waals surface area contributed by atoms with Crippen LogP contribution in [0.2, 0.25) is 0 Å². The van der Waals surface area contributed by atoms with Crippen LogP contribution in [0.5, 0.6) is 0 Å². The van der Waals surface area contributed by atoms with Gasteiger partial charge in [-0.05, 0) is 43.5 Å². The molecule has 2 aliphatic rings. The van der Waals surface area contributed by atoms with Crippen LogP contribution in [0.25, 0.3) is 5.57 Å². The third-order valence-corrected chi connectivity index (χ3v) is 5.84. The maximum absolute atomic E-state index is 13.4. The Morgan fingerprint density at radius 1 is 1.20 bits per heavy atom. The van der Waals surface area contributed by atoms with Gasteiger partial charge in [0.15, 0.2) is 0 Å². The lowest BCUT2D eigenvalue weighted by molar-refractivity contribution is -0.125. The van der Waals surface area contributed by atoms with E-state index in [2.05, 4.69) is 26.3 Å². The van der Waals surface area contributed by atoms with Crippen LogP contribution < -0.4 is 10.2 Å². The Kier molecular flexibility index (Phi) is 4.76. The normalized spacial score (nSPS) is 19.8. The predicted molar refractivity (Wildman–Crippen MR) is 115 cm³/mol. The van der Waals surface area contributed by atoms with E-state index in [4.69, 9.17) is 0 Å². The zero-order valence-corrected chi connectivity index (χ0v) is 17.9. The van der Waals surface area contributed by atoms with Crippen LogP contribution in [0, 0.1) is 25.2 Å². The number of amides is 2. The largest absolute Gasteiger partial charge is 0.311 e. The van der Waals surface area contributed by atoms with Crippen LogP contribution in [0.4, 0.5) is 11.6 Å². The average Bonchev–Trinajstić information content (AvgIpc) is 2.89. The topological polar surface area (TPSA) is 88.1 Å². The minimum atomic E-state index is -0.557. The molecule has 2 amide bonds. The zero-order chi connectivity index (χ0) is 21.6. The molecule has 0 spiro atoms. The number of hydrogen-bond acceptors (Lipinski definition) is 5. The summed E-state index contributed by atoms with van der Waals surface area (Å²) in [6.07, 6.45) is 8.53. The standard InChI is InChI=1S/C23H25N5O2/c1-13-6-9-20(27-21(13)26-15(3)29)28-19-10-16(17-11-24-14(2)25-12-17)7-8-18(19)23(4,5)22(28)30/h6-7,9-12,18H,8H2,1-5H3,(H,26,27,29). The van der Waals surface area contributed by atoms with E-state index in [1.54, 1.807) is 17.3 Å². The van der Waals surface area contributed by atoms with Crippen molar-refractivity contribution < 1.29 is 9.59 Å². The van der Waals surface area contributed by atoms with E-state index < -0.39 is 5.41 Å². The third kappa shape index (κ3) is 3.30. The minimum absolute atomic E-state index is 0.00122. The number of pyridine rings is 1. The van der Waals surface area contributed by atoms with Gasteiger partial charge in [-0.3, -0.25) is 14.5 Å². The summed E-state index contributed by atoms with van der Waals surface area (Å²) in [5.41, 5.74) is 3.10. The number of nitrogens with zero attached hydrogens (tertiary/aromatic N) is 4. The van der Waals surface area contributed by atoms with E-state index in [0.29, 0.717) is 17.5 Å². The molecule has 1 aliphatic carbocycles. The second-order valence-corrected chi connectivity index (χ2v) is 8.41. The van der Waals surface area contributed by atoms with Gasteiger partial charge in [-0.25, -0.2) is 15.0 Å². The van der Waals surface area contributed by atoms with Gasteiger partial charge in [0.1, 0.15) is 17.5 Å². The molecule has 7 nitrogen and oxygen atoms in total. The molecule has 7 heteroatoms. The lowest BCUT2D eigenvalue weighted by Gasteiger charge is -2.26. The summed E-state index contributed by atoms with van der Waals surface area (Å²) < 4.78 is 0. The van der Waals surface area contributed by atoms with E-state index in [1.165, 1.54) is 6.92 Å². The number of rotatable bonds is 3. The molecule has 1 unspecified atom stereocenters. The first-order valence-corrected chi connectivity index (χ1v) is 9.99. The van der Waals surface area contributed by atoms with E-state index >= 15 is 0 Å². The van der Waals surface area contributed by atoms with Crippen molar-refractivity contribution in [2.75, 3.05) is 10.2 Å². The van der Waals surface area contributed by atoms with Gasteiger partial charge in [0.25, 0.3) is 0 Å². The fraction of sp³-hybridized carbons (Fsp3) is 0.348. The molecule has 1 atom stereocenters. The highest BCUT2D eigenvalue weighted by Gasteiger charge is 2.51. The first-order valence-electron chi connectivity index (χ1n) is 9.99. The maximum atomic E-state index is 13.4. The van der Waals surface area contributed by atoms with E-state index in [0.717, 1.165) is 28.8 Å². The molecule has 0 bridgehead atoms. The molecule has 1 N–H and O–H groups in total. The SMILES string of the molecule is CC(=O)Nc1nc(N2C(=O)C(C)(C)C3CC=C(c4cnc(C)nc4)C=C32)ccc1C. The number of allylic oxidation sites excluding steroid dienone is 4. The van der Waals surface area contributed by atoms with Crippen LogP contribution in [0.3, 0.4) is 0 Å². The number of carbonyl (C=O) groups is 2. The van der Waals surface area contributed by atoms with Gasteiger partial charge in [0, 0.05) is 36.5 Å². The predicted octanol–water partition coefficient (Wildman–Crippen LogP) is 3.81. The van der Waals surface area contributed by atoms with E-state index in [-0.39, 0.29) is 17.7 Å². The van der Waals surface area contributed by atoms with Crippen molar-refractivity contribution in [3.63, 3.8) is 0 Å². The Balaban J connectivity index is 1.79. The van der Waals surface area contributed by atoms with Gasteiger partial charge in [-0.1, -0.05) is 26.0 Å². The molecule has 1 saturated heterocycles. The molecule has 0 saturated carbocycles. The molecule has 2 aromatic rings. The van der Waals surface area contributed by atoms with Crippen molar-refractivity contribution in [1.82, 2.24) is 15.0 Å². The average molecular weight is 403 g/mol. The molecule has 154 valence electrons. The van der Waals surface area contributed by atoms with Crippen molar-refractivity contribution in [3.8, 4) is 0 Å². The second kappa shape index (κ2) is 7.16. The van der Waals surface area contributed by atoms with Gasteiger partial charge in [-0.15, -0.1) is 0 Å². The fourth-order valence-electron chi connectivity index (χ4n) is 4.04. The maximum Gasteiger partial charge on any atom is 0.238 e. The van der Waals surface area contributed by atoms with E-state index in [9.17, 15) is 9.59 Å². The monoisotopic (exact) mass is 403 g/mol. The highest BCUT2D eigenvalue weighted by molar-refractivity contribution is 6.04. The number of fused-ring (bicyclic) bond motifs is 1. The molecule has 1 aliphatic heterocycles. The first-order chi connectivity index (χ1) is 14.2. The number of anilines is 2. The molecule has 1 fully saturated rings. The molecular formula is C23H25N5O2. The van der Waals surface area contributed by atoms with Gasteiger partial charge >= 0.3 is 0 Å². The van der Waals surface area contributed by atoms with Gasteiger partial charge < -0.3 is 5.32 Å². The second-order valence-electron chi connectivity index (χ2n) is 8.41. The van der Waals surface area contributed by atoms with Crippen molar-refractivity contribution in [1.29, 1.82) is 0 Å². The molecule has 0 aromatic carbocycles. The van der Waals surface area contributed by atoms with Crippen LogP contribution >= 0.6 is 0 Å². The highest BCUT2D eigenvalue weighted by atomic mass is 16.2. The van der Waals surface area contributed by atoms with Gasteiger partial charge in [0.05, 0.1) is 5.41 Å². The summed E-state index contributed by atoms with van der Waals surface area (Å²) in [4.78, 5) is 39.8. The quantitative estimate of drug-likeness (QED) is 0.842. The Bertz CT molecular complexity index is 1100. The van der Waals surface area contributed by atoms with Crippen molar-refractivity contribution in [3.05, 3.63) is 59.3 Å². The third-order valence-electron chi connectivity index (χ3n) is 5.84. The number of aryl methyl sites for hydroxylation is 2. The highest BCUT2D eigenvalue weighted by Crippen LogP contribution is 2.50. The summed E-state index contributed by atoms with van der Waals surface area (Å²) in [6.45, 7) is 9.12.